The van der Waals surface area contributed by atoms with Crippen LogP contribution >= 0.6 is 0 Å². The van der Waals surface area contributed by atoms with Gasteiger partial charge >= 0.3 is 0 Å². The molecule has 1 atom stereocenters. The van der Waals surface area contributed by atoms with Gasteiger partial charge in [-0.2, -0.15) is 0 Å². The van der Waals surface area contributed by atoms with Crippen LogP contribution in [0.3, 0.4) is 0 Å². The highest BCUT2D eigenvalue weighted by molar-refractivity contribution is 4.84. The number of nitrogens with zero attached hydrogens (tertiary/aromatic N) is 1. The van der Waals surface area contributed by atoms with Crippen molar-refractivity contribution in [3.8, 4) is 0 Å². The lowest BCUT2D eigenvalue weighted by Crippen LogP contribution is -2.35. The van der Waals surface area contributed by atoms with Crippen LogP contribution in [0.1, 0.15) is 19.8 Å². The Morgan fingerprint density at radius 1 is 1.55 bits per heavy atom. The molecule has 3 heteroatoms. The molecule has 2 N–H and O–H groups in total. The summed E-state index contributed by atoms with van der Waals surface area (Å²) < 4.78 is 0. The fourth-order valence-corrected chi connectivity index (χ4v) is 1.33. The van der Waals surface area contributed by atoms with Gasteiger partial charge in [0.15, 0.2) is 0 Å². The van der Waals surface area contributed by atoms with Gasteiger partial charge in [0.1, 0.15) is 0 Å². The molecule has 11 heavy (non-hydrogen) atoms. The molecule has 66 valence electrons. The van der Waals surface area contributed by atoms with Gasteiger partial charge in [0.2, 0.25) is 0 Å². The second-order valence-electron chi connectivity index (χ2n) is 3.30. The third kappa shape index (κ3) is 3.18. The van der Waals surface area contributed by atoms with Crippen molar-refractivity contribution in [1.82, 2.24) is 4.90 Å². The first-order chi connectivity index (χ1) is 5.24. The summed E-state index contributed by atoms with van der Waals surface area (Å²) in [6, 6.07) is 0.636. The maximum Gasteiger partial charge on any atom is 0.0639 e. The van der Waals surface area contributed by atoms with Crippen molar-refractivity contribution in [3.63, 3.8) is 0 Å². The smallest absolute Gasteiger partial charge is 0.0639 e. The molecule has 0 bridgehead atoms. The molecule has 1 fully saturated rings. The molecule has 0 saturated heterocycles. The Labute approximate surface area is 67.6 Å². The molecule has 1 rings (SSSR count). The zero-order chi connectivity index (χ0) is 8.27. The summed E-state index contributed by atoms with van der Waals surface area (Å²) in [5, 5.41) is 17.8. The summed E-state index contributed by atoms with van der Waals surface area (Å²) in [6.07, 6.45) is 2.18. The van der Waals surface area contributed by atoms with Crippen molar-refractivity contribution in [2.45, 2.75) is 31.9 Å². The fraction of sp³-hybridized carbons (Fsp3) is 1.00. The average molecular weight is 159 g/mol. The monoisotopic (exact) mass is 159 g/mol. The predicted molar refractivity (Wildman–Crippen MR) is 43.4 cm³/mol. The van der Waals surface area contributed by atoms with Crippen LogP contribution in [0.5, 0.6) is 0 Å². The van der Waals surface area contributed by atoms with E-state index in [1.165, 1.54) is 12.8 Å². The zero-order valence-electron chi connectivity index (χ0n) is 7.03. The molecule has 0 aliphatic heterocycles. The van der Waals surface area contributed by atoms with Gasteiger partial charge in [0, 0.05) is 19.1 Å². The summed E-state index contributed by atoms with van der Waals surface area (Å²) in [5.41, 5.74) is 0. The van der Waals surface area contributed by atoms with Crippen LogP contribution in [0, 0.1) is 0 Å². The Hall–Kier alpha value is -0.120. The van der Waals surface area contributed by atoms with Crippen LogP contribution in [-0.4, -0.2) is 47.0 Å². The van der Waals surface area contributed by atoms with Gasteiger partial charge in [-0.05, 0) is 19.8 Å². The molecule has 0 spiro atoms. The molecule has 3 nitrogen and oxygen atoms in total. The summed E-state index contributed by atoms with van der Waals surface area (Å²) in [6.45, 7) is 3.39. The van der Waals surface area contributed by atoms with E-state index in [0.29, 0.717) is 19.1 Å². The van der Waals surface area contributed by atoms with Gasteiger partial charge in [-0.3, -0.25) is 4.90 Å². The number of rotatable bonds is 5. The number of hydrogen-bond donors (Lipinski definition) is 2. The van der Waals surface area contributed by atoms with E-state index in [9.17, 15) is 0 Å². The summed E-state index contributed by atoms with van der Waals surface area (Å²) in [5.74, 6) is 0. The lowest BCUT2D eigenvalue weighted by atomic mass is 10.3. The molecule has 0 unspecified atom stereocenters. The van der Waals surface area contributed by atoms with Crippen molar-refractivity contribution < 1.29 is 10.2 Å². The lowest BCUT2D eigenvalue weighted by molar-refractivity contribution is 0.106. The Kier molecular flexibility index (Phi) is 3.30. The van der Waals surface area contributed by atoms with Crippen molar-refractivity contribution >= 4 is 0 Å². The molecule has 0 heterocycles. The maximum absolute atomic E-state index is 9.10. The van der Waals surface area contributed by atoms with Crippen LogP contribution in [0.2, 0.25) is 0 Å². The molecule has 0 aromatic carbocycles. The van der Waals surface area contributed by atoms with Crippen LogP contribution in [0.15, 0.2) is 0 Å². The average Bonchev–Trinajstić information content (AvgIpc) is 2.66. The second kappa shape index (κ2) is 4.04. The summed E-state index contributed by atoms with van der Waals surface area (Å²) in [4.78, 5) is 2.16. The quantitative estimate of drug-likeness (QED) is 0.585. The lowest BCUT2D eigenvalue weighted by Gasteiger charge is -2.21. The Morgan fingerprint density at radius 3 is 2.55 bits per heavy atom. The van der Waals surface area contributed by atoms with Crippen LogP contribution in [0.25, 0.3) is 0 Å². The van der Waals surface area contributed by atoms with Gasteiger partial charge in [0.25, 0.3) is 0 Å². The van der Waals surface area contributed by atoms with Gasteiger partial charge in [0.05, 0.1) is 12.7 Å². The molecule has 1 aliphatic rings. The van der Waals surface area contributed by atoms with Crippen molar-refractivity contribution in [1.29, 1.82) is 0 Å². The van der Waals surface area contributed by atoms with E-state index in [4.69, 9.17) is 10.2 Å². The van der Waals surface area contributed by atoms with Gasteiger partial charge in [-0.1, -0.05) is 0 Å². The Balaban J connectivity index is 2.20. The minimum absolute atomic E-state index is 0.198. The van der Waals surface area contributed by atoms with Crippen molar-refractivity contribution in [2.75, 3.05) is 19.7 Å². The Morgan fingerprint density at radius 2 is 2.18 bits per heavy atom. The molecule has 0 radical (unpaired) electrons. The van der Waals surface area contributed by atoms with Crippen LogP contribution in [0.4, 0.5) is 0 Å². The first-order valence-corrected chi connectivity index (χ1v) is 4.27. The highest BCUT2D eigenvalue weighted by atomic mass is 16.3. The fourth-order valence-electron chi connectivity index (χ4n) is 1.33. The molecule has 0 amide bonds. The number of hydrogen-bond acceptors (Lipinski definition) is 3. The molecule has 0 aromatic rings. The molecule has 1 saturated carbocycles. The molecule has 0 aromatic heterocycles. The molecule has 1 aliphatic carbocycles. The molecular formula is C8H17NO2. The summed E-state index contributed by atoms with van der Waals surface area (Å²) in [7, 11) is 0. The second-order valence-corrected chi connectivity index (χ2v) is 3.30. The van der Waals surface area contributed by atoms with E-state index in [1.54, 1.807) is 6.92 Å². The van der Waals surface area contributed by atoms with Gasteiger partial charge in [-0.15, -0.1) is 0 Å². The normalized spacial score (nSPS) is 20.7. The Bertz CT molecular complexity index is 113. The number of aliphatic hydroxyl groups excluding tert-OH is 2. The SMILES string of the molecule is C[C@@H](O)CN(CCO)C1CC1. The predicted octanol–water partition coefficient (Wildman–Crippen LogP) is -0.176. The van der Waals surface area contributed by atoms with E-state index in [-0.39, 0.29) is 12.7 Å². The zero-order valence-corrected chi connectivity index (χ0v) is 7.03. The van der Waals surface area contributed by atoms with Gasteiger partial charge < -0.3 is 10.2 Å². The first kappa shape index (κ1) is 8.97. The minimum atomic E-state index is -0.276. The van der Waals surface area contributed by atoms with E-state index in [1.807, 2.05) is 0 Å². The van der Waals surface area contributed by atoms with E-state index in [2.05, 4.69) is 4.90 Å². The highest BCUT2D eigenvalue weighted by Gasteiger charge is 2.28. The minimum Gasteiger partial charge on any atom is -0.395 e. The maximum atomic E-state index is 9.10. The highest BCUT2D eigenvalue weighted by Crippen LogP contribution is 2.26. The standard InChI is InChI=1S/C8H17NO2/c1-7(11)6-9(4-5-10)8-2-3-8/h7-8,10-11H,2-6H2,1H3/t7-/m1/s1. The topological polar surface area (TPSA) is 43.7 Å². The largest absolute Gasteiger partial charge is 0.395 e. The first-order valence-electron chi connectivity index (χ1n) is 4.27. The van der Waals surface area contributed by atoms with Crippen LogP contribution < -0.4 is 0 Å². The van der Waals surface area contributed by atoms with E-state index in [0.717, 1.165) is 0 Å². The number of aliphatic hydroxyl groups is 2. The molecular weight excluding hydrogens is 142 g/mol. The van der Waals surface area contributed by atoms with Crippen molar-refractivity contribution in [2.24, 2.45) is 0 Å². The third-order valence-electron chi connectivity index (χ3n) is 1.95. The van der Waals surface area contributed by atoms with E-state index >= 15 is 0 Å². The summed E-state index contributed by atoms with van der Waals surface area (Å²) >= 11 is 0. The van der Waals surface area contributed by atoms with E-state index < -0.39 is 0 Å². The van der Waals surface area contributed by atoms with Crippen LogP contribution in [-0.2, 0) is 0 Å². The third-order valence-corrected chi connectivity index (χ3v) is 1.95. The van der Waals surface area contributed by atoms with Crippen molar-refractivity contribution in [3.05, 3.63) is 0 Å². The van der Waals surface area contributed by atoms with Gasteiger partial charge in [-0.25, -0.2) is 0 Å².